The number of aromatic nitrogens is 3. The highest BCUT2D eigenvalue weighted by Gasteiger charge is 2.46. The molecule has 2 aromatic heterocycles. The van der Waals surface area contributed by atoms with E-state index in [1.54, 1.807) is 20.4 Å². The van der Waals surface area contributed by atoms with Crippen LogP contribution in [0.25, 0.3) is 33.6 Å². The SMILES string of the molecule is COc1nc(-c2cccc(-c3cccc(-c4cc5c(c(OC)n4)[C@@H](NC[C@@H]4CCC(=O)N4)CC5)c3Cl)c2Cl)cnc1CN1CC2(CCCO2)C1. The van der Waals surface area contributed by atoms with Gasteiger partial charge in [0.2, 0.25) is 17.7 Å². The molecular weight excluding hydrogens is 675 g/mol. The zero-order valence-corrected chi connectivity index (χ0v) is 29.7. The zero-order chi connectivity index (χ0) is 34.4. The molecule has 2 aromatic carbocycles. The number of likely N-dealkylation sites (tertiary alicyclic amines) is 1. The molecule has 0 radical (unpaired) electrons. The summed E-state index contributed by atoms with van der Waals surface area (Å²) in [6.45, 7) is 4.02. The number of aryl methyl sites for hydroxylation is 1. The highest BCUT2D eigenvalue weighted by molar-refractivity contribution is 6.39. The Hall–Kier alpha value is -3.80. The molecule has 2 atom stereocenters. The molecule has 12 heteroatoms. The van der Waals surface area contributed by atoms with Crippen LogP contribution in [0.5, 0.6) is 11.8 Å². The van der Waals surface area contributed by atoms with Crippen LogP contribution in [-0.4, -0.2) is 77.9 Å². The Morgan fingerprint density at radius 2 is 1.66 bits per heavy atom. The number of pyridine rings is 1. The summed E-state index contributed by atoms with van der Waals surface area (Å²) in [5, 5.41) is 7.74. The maximum absolute atomic E-state index is 11.7. The topological polar surface area (TPSA) is 111 Å². The van der Waals surface area contributed by atoms with E-state index in [-0.39, 0.29) is 23.6 Å². The second kappa shape index (κ2) is 13.7. The van der Waals surface area contributed by atoms with Gasteiger partial charge in [0.15, 0.2) is 0 Å². The number of nitrogens with one attached hydrogen (secondary N) is 2. The van der Waals surface area contributed by atoms with Gasteiger partial charge in [-0.25, -0.2) is 9.97 Å². The van der Waals surface area contributed by atoms with Crippen LogP contribution in [-0.2, 0) is 22.5 Å². The van der Waals surface area contributed by atoms with Gasteiger partial charge in [-0.2, -0.15) is 0 Å². The molecule has 2 N–H and O–H groups in total. The Morgan fingerprint density at radius 1 is 0.960 bits per heavy atom. The number of amides is 1. The molecule has 1 amide bonds. The van der Waals surface area contributed by atoms with E-state index in [0.717, 1.165) is 91.0 Å². The van der Waals surface area contributed by atoms with Crippen LogP contribution in [0.15, 0.2) is 48.7 Å². The van der Waals surface area contributed by atoms with E-state index in [4.69, 9.17) is 52.4 Å². The van der Waals surface area contributed by atoms with Crippen molar-refractivity contribution in [1.82, 2.24) is 30.5 Å². The number of benzene rings is 2. The molecule has 0 saturated carbocycles. The molecule has 4 aromatic rings. The van der Waals surface area contributed by atoms with Gasteiger partial charge in [0, 0.05) is 79.1 Å². The first kappa shape index (κ1) is 33.3. The second-order valence-electron chi connectivity index (χ2n) is 13.7. The summed E-state index contributed by atoms with van der Waals surface area (Å²) < 4.78 is 17.5. The van der Waals surface area contributed by atoms with Crippen LogP contribution >= 0.6 is 23.2 Å². The van der Waals surface area contributed by atoms with E-state index in [1.807, 2.05) is 36.4 Å². The van der Waals surface area contributed by atoms with Gasteiger partial charge in [-0.1, -0.05) is 59.6 Å². The number of ether oxygens (including phenoxy) is 3. The number of methoxy groups -OCH3 is 2. The summed E-state index contributed by atoms with van der Waals surface area (Å²) in [6, 6.07) is 14.1. The molecule has 10 nitrogen and oxygen atoms in total. The predicted octanol–water partition coefficient (Wildman–Crippen LogP) is 6.42. The average Bonchev–Trinajstić information content (AvgIpc) is 3.88. The maximum Gasteiger partial charge on any atom is 0.237 e. The second-order valence-corrected chi connectivity index (χ2v) is 14.5. The van der Waals surface area contributed by atoms with Crippen molar-refractivity contribution < 1.29 is 19.0 Å². The monoisotopic (exact) mass is 714 g/mol. The molecule has 50 heavy (non-hydrogen) atoms. The maximum atomic E-state index is 11.7. The fourth-order valence-corrected chi connectivity index (χ4v) is 8.64. The van der Waals surface area contributed by atoms with Gasteiger partial charge < -0.3 is 24.8 Å². The van der Waals surface area contributed by atoms with Gasteiger partial charge in [0.05, 0.1) is 47.5 Å². The standard InChI is InChI=1S/C38H40Cl2N6O4/c1-48-36-31(19-46-20-38(21-46)14-5-15-50-38)42-18-30(45-36)27-9-4-7-25(35(27)40)24-6-3-8-26(34(24)39)29-16-22-10-12-28(33(22)37(44-29)49-2)41-17-23-11-13-32(47)43-23/h3-4,6-9,16,18,23,28,41H,5,10-15,17,19-21H2,1-2H3,(H,43,47)/t23-,28-/m0/s1. The summed E-state index contributed by atoms with van der Waals surface area (Å²) in [7, 11) is 3.27. The van der Waals surface area contributed by atoms with Gasteiger partial charge in [-0.3, -0.25) is 14.7 Å². The van der Waals surface area contributed by atoms with E-state index in [9.17, 15) is 4.79 Å². The van der Waals surface area contributed by atoms with Crippen molar-refractivity contribution in [2.75, 3.05) is 40.5 Å². The lowest BCUT2D eigenvalue weighted by Gasteiger charge is -2.47. The number of hydrogen-bond donors (Lipinski definition) is 2. The van der Waals surface area contributed by atoms with Crippen molar-refractivity contribution >= 4 is 29.1 Å². The summed E-state index contributed by atoms with van der Waals surface area (Å²) in [5.41, 5.74) is 7.50. The number of halogens is 2. The number of carbonyl (C=O) groups is 1. The first-order valence-electron chi connectivity index (χ1n) is 17.3. The van der Waals surface area contributed by atoms with Crippen molar-refractivity contribution in [2.24, 2.45) is 0 Å². The first-order valence-corrected chi connectivity index (χ1v) is 18.1. The normalized spacial score (nSPS) is 20.9. The number of hydrogen-bond acceptors (Lipinski definition) is 9. The fraction of sp³-hybridized carbons (Fsp3) is 0.421. The minimum Gasteiger partial charge on any atom is -0.481 e. The van der Waals surface area contributed by atoms with Crippen molar-refractivity contribution in [2.45, 2.75) is 62.8 Å². The zero-order valence-electron chi connectivity index (χ0n) is 28.2. The van der Waals surface area contributed by atoms with Gasteiger partial charge in [-0.05, 0) is 43.7 Å². The van der Waals surface area contributed by atoms with E-state index < -0.39 is 0 Å². The Balaban J connectivity index is 1.05. The van der Waals surface area contributed by atoms with E-state index in [2.05, 4.69) is 21.6 Å². The number of carbonyl (C=O) groups excluding carboxylic acids is 1. The molecular formula is C38H40Cl2N6O4. The number of nitrogens with zero attached hydrogens (tertiary/aromatic N) is 4. The predicted molar refractivity (Wildman–Crippen MR) is 193 cm³/mol. The summed E-state index contributed by atoms with van der Waals surface area (Å²) in [4.78, 5) is 28.5. The highest BCUT2D eigenvalue weighted by atomic mass is 35.5. The molecule has 3 fully saturated rings. The molecule has 260 valence electrons. The Bertz CT molecular complexity index is 1940. The molecule has 0 unspecified atom stereocenters. The minimum absolute atomic E-state index is 0.0209. The van der Waals surface area contributed by atoms with Crippen LogP contribution in [0, 0.1) is 0 Å². The van der Waals surface area contributed by atoms with Crippen molar-refractivity contribution in [3.05, 3.63) is 75.5 Å². The van der Waals surface area contributed by atoms with Crippen LogP contribution in [0.3, 0.4) is 0 Å². The van der Waals surface area contributed by atoms with Crippen LogP contribution in [0.4, 0.5) is 0 Å². The lowest BCUT2D eigenvalue weighted by molar-refractivity contribution is -0.119. The molecule has 1 spiro atoms. The average molecular weight is 716 g/mol. The number of fused-ring (bicyclic) bond motifs is 1. The number of rotatable bonds is 10. The van der Waals surface area contributed by atoms with E-state index >= 15 is 0 Å². The Kier molecular flexibility index (Phi) is 9.16. The van der Waals surface area contributed by atoms with E-state index in [1.165, 1.54) is 5.56 Å². The quantitative estimate of drug-likeness (QED) is 0.192. The Morgan fingerprint density at radius 3 is 2.32 bits per heavy atom. The van der Waals surface area contributed by atoms with Gasteiger partial charge >= 0.3 is 0 Å². The van der Waals surface area contributed by atoms with E-state index in [0.29, 0.717) is 47.0 Å². The summed E-state index contributed by atoms with van der Waals surface area (Å²) in [5.74, 6) is 1.19. The molecule has 3 saturated heterocycles. The van der Waals surface area contributed by atoms with Crippen LogP contribution in [0.1, 0.15) is 55.0 Å². The smallest absolute Gasteiger partial charge is 0.237 e. The molecule has 8 rings (SSSR count). The molecule has 1 aliphatic carbocycles. The van der Waals surface area contributed by atoms with Crippen LogP contribution < -0.4 is 20.1 Å². The van der Waals surface area contributed by atoms with Gasteiger partial charge in [0.1, 0.15) is 5.69 Å². The van der Waals surface area contributed by atoms with Crippen molar-refractivity contribution in [3.63, 3.8) is 0 Å². The summed E-state index contributed by atoms with van der Waals surface area (Å²) in [6.07, 6.45) is 7.26. The highest BCUT2D eigenvalue weighted by Crippen LogP contribution is 2.45. The van der Waals surface area contributed by atoms with Gasteiger partial charge in [0.25, 0.3) is 0 Å². The third kappa shape index (κ3) is 6.22. The fourth-order valence-electron chi connectivity index (χ4n) is 7.99. The van der Waals surface area contributed by atoms with Crippen molar-refractivity contribution in [3.8, 4) is 45.4 Å². The first-order chi connectivity index (χ1) is 24.3. The molecule has 3 aliphatic heterocycles. The molecule has 0 bridgehead atoms. The Labute approximate surface area is 301 Å². The van der Waals surface area contributed by atoms with Crippen LogP contribution in [0.2, 0.25) is 10.0 Å². The lowest BCUT2D eigenvalue weighted by atomic mass is 9.91. The lowest BCUT2D eigenvalue weighted by Crippen LogP contribution is -2.60. The molecule has 4 aliphatic rings. The van der Waals surface area contributed by atoms with Crippen molar-refractivity contribution in [1.29, 1.82) is 0 Å². The van der Waals surface area contributed by atoms with Gasteiger partial charge in [-0.15, -0.1) is 0 Å². The third-order valence-electron chi connectivity index (χ3n) is 10.5. The molecule has 5 heterocycles. The third-order valence-corrected chi connectivity index (χ3v) is 11.3. The minimum atomic E-state index is 0.0209. The summed E-state index contributed by atoms with van der Waals surface area (Å²) >= 11 is 14.3. The largest absolute Gasteiger partial charge is 0.481 e.